The summed E-state index contributed by atoms with van der Waals surface area (Å²) in [7, 11) is 0. The zero-order valence-electron chi connectivity index (χ0n) is 19.6. The average molecular weight is 484 g/mol. The minimum atomic E-state index is -0.246. The molecule has 1 amide bonds. The SMILES string of the molecule is CCN1C(=O)[C@@H]2CC(C)(C)CN2c2nc(NCc3cnn(Cc4ccc(F)cc4)c3)ncc21.S. The highest BCUT2D eigenvalue weighted by Gasteiger charge is 2.48. The van der Waals surface area contributed by atoms with Crippen LogP contribution >= 0.6 is 13.5 Å². The van der Waals surface area contributed by atoms with E-state index in [4.69, 9.17) is 4.98 Å². The first-order valence-corrected chi connectivity index (χ1v) is 11.3. The summed E-state index contributed by atoms with van der Waals surface area (Å²) in [5, 5.41) is 7.68. The molecule has 0 bridgehead atoms. The van der Waals surface area contributed by atoms with Gasteiger partial charge in [0.15, 0.2) is 5.82 Å². The first-order chi connectivity index (χ1) is 15.8. The largest absolute Gasteiger partial charge is 0.350 e. The summed E-state index contributed by atoms with van der Waals surface area (Å²) in [5.41, 5.74) is 2.80. The lowest BCUT2D eigenvalue weighted by Gasteiger charge is -2.37. The molecule has 2 aromatic heterocycles. The number of aromatic nitrogens is 4. The normalized spacial score (nSPS) is 18.4. The Morgan fingerprint density at radius 3 is 2.68 bits per heavy atom. The Kier molecular flexibility index (Phi) is 6.53. The van der Waals surface area contributed by atoms with E-state index in [1.807, 2.05) is 17.8 Å². The molecular weight excluding hydrogens is 453 g/mol. The van der Waals surface area contributed by atoms with Crippen LogP contribution < -0.4 is 15.1 Å². The molecule has 4 heterocycles. The predicted octanol–water partition coefficient (Wildman–Crippen LogP) is 3.56. The van der Waals surface area contributed by atoms with E-state index in [0.717, 1.165) is 35.6 Å². The molecule has 1 N–H and O–H groups in total. The van der Waals surface area contributed by atoms with Crippen molar-refractivity contribution in [3.05, 3.63) is 59.8 Å². The van der Waals surface area contributed by atoms with Gasteiger partial charge in [0.25, 0.3) is 0 Å². The summed E-state index contributed by atoms with van der Waals surface area (Å²) < 4.78 is 14.9. The maximum absolute atomic E-state index is 13.1. The maximum atomic E-state index is 13.1. The van der Waals surface area contributed by atoms with E-state index in [1.165, 1.54) is 12.1 Å². The van der Waals surface area contributed by atoms with Crippen LogP contribution in [0.25, 0.3) is 0 Å². The Labute approximate surface area is 205 Å². The fourth-order valence-electron chi connectivity index (χ4n) is 4.73. The van der Waals surface area contributed by atoms with Crippen LogP contribution in [0.3, 0.4) is 0 Å². The maximum Gasteiger partial charge on any atom is 0.249 e. The molecule has 3 aromatic rings. The molecule has 2 aliphatic heterocycles. The molecule has 180 valence electrons. The molecular formula is C24H30FN7OS. The van der Waals surface area contributed by atoms with Gasteiger partial charge < -0.3 is 15.1 Å². The van der Waals surface area contributed by atoms with E-state index in [1.54, 1.807) is 29.4 Å². The number of hydrogen-bond acceptors (Lipinski definition) is 6. The number of anilines is 3. The van der Waals surface area contributed by atoms with Crippen LogP contribution in [0, 0.1) is 11.2 Å². The third-order valence-corrected chi connectivity index (χ3v) is 6.30. The van der Waals surface area contributed by atoms with E-state index in [0.29, 0.717) is 25.6 Å². The molecule has 1 saturated heterocycles. The summed E-state index contributed by atoms with van der Waals surface area (Å²) in [5.74, 6) is 1.23. The topological polar surface area (TPSA) is 79.2 Å². The third-order valence-electron chi connectivity index (χ3n) is 6.30. The number of rotatable bonds is 6. The number of fused-ring (bicyclic) bond motifs is 3. The van der Waals surface area contributed by atoms with Crippen LogP contribution in [0.1, 0.15) is 38.3 Å². The molecule has 0 radical (unpaired) electrons. The van der Waals surface area contributed by atoms with Gasteiger partial charge in [-0.1, -0.05) is 26.0 Å². The lowest BCUT2D eigenvalue weighted by atomic mass is 9.90. The van der Waals surface area contributed by atoms with E-state index in [-0.39, 0.29) is 36.7 Å². The van der Waals surface area contributed by atoms with Crippen molar-refractivity contribution < 1.29 is 9.18 Å². The van der Waals surface area contributed by atoms with Gasteiger partial charge in [-0.05, 0) is 36.5 Å². The number of nitrogens with one attached hydrogen (secondary N) is 1. The summed E-state index contributed by atoms with van der Waals surface area (Å²) in [6.07, 6.45) is 6.31. The number of hydrogen-bond donors (Lipinski definition) is 1. The first kappa shape index (κ1) is 24.0. The second-order valence-electron chi connectivity index (χ2n) is 9.52. The molecule has 1 fully saturated rings. The van der Waals surface area contributed by atoms with Crippen molar-refractivity contribution in [2.75, 3.05) is 28.2 Å². The average Bonchev–Trinajstić information content (AvgIpc) is 3.37. The molecule has 2 aliphatic rings. The minimum absolute atomic E-state index is 0. The van der Waals surface area contributed by atoms with Gasteiger partial charge in [0, 0.05) is 31.4 Å². The number of carbonyl (C=O) groups is 1. The fraction of sp³-hybridized carbons (Fsp3) is 0.417. The molecule has 34 heavy (non-hydrogen) atoms. The van der Waals surface area contributed by atoms with E-state index < -0.39 is 0 Å². The van der Waals surface area contributed by atoms with Gasteiger partial charge in [-0.3, -0.25) is 9.48 Å². The summed E-state index contributed by atoms with van der Waals surface area (Å²) in [4.78, 5) is 26.2. The highest BCUT2D eigenvalue weighted by Crippen LogP contribution is 2.44. The molecule has 0 saturated carbocycles. The monoisotopic (exact) mass is 483 g/mol. The highest BCUT2D eigenvalue weighted by molar-refractivity contribution is 7.59. The fourth-order valence-corrected chi connectivity index (χ4v) is 4.73. The van der Waals surface area contributed by atoms with Gasteiger partial charge >= 0.3 is 0 Å². The molecule has 0 spiro atoms. The number of carbonyl (C=O) groups excluding carboxylic acids is 1. The number of halogens is 1. The van der Waals surface area contributed by atoms with Crippen LogP contribution in [0.2, 0.25) is 0 Å². The summed E-state index contributed by atoms with van der Waals surface area (Å²) >= 11 is 0. The Balaban J connectivity index is 0.00000274. The van der Waals surface area contributed by atoms with Crippen LogP contribution in [0.15, 0.2) is 42.9 Å². The van der Waals surface area contributed by atoms with E-state index in [9.17, 15) is 9.18 Å². The van der Waals surface area contributed by atoms with Gasteiger partial charge in [-0.25, -0.2) is 9.37 Å². The smallest absolute Gasteiger partial charge is 0.249 e. The predicted molar refractivity (Wildman–Crippen MR) is 135 cm³/mol. The number of nitrogens with zero attached hydrogens (tertiary/aromatic N) is 6. The van der Waals surface area contributed by atoms with Gasteiger partial charge in [-0.15, -0.1) is 0 Å². The Morgan fingerprint density at radius 2 is 1.94 bits per heavy atom. The van der Waals surface area contributed by atoms with Crippen LogP contribution in [-0.2, 0) is 17.9 Å². The van der Waals surface area contributed by atoms with Gasteiger partial charge in [-0.2, -0.15) is 23.6 Å². The lowest BCUT2D eigenvalue weighted by Crippen LogP contribution is -2.51. The number of benzene rings is 1. The molecule has 5 rings (SSSR count). The number of likely N-dealkylation sites (N-methyl/N-ethyl adjacent to an activating group) is 1. The highest BCUT2D eigenvalue weighted by atomic mass is 32.1. The van der Waals surface area contributed by atoms with Crippen LogP contribution in [0.4, 0.5) is 21.8 Å². The van der Waals surface area contributed by atoms with Gasteiger partial charge in [0.1, 0.15) is 17.5 Å². The zero-order valence-corrected chi connectivity index (χ0v) is 20.6. The van der Waals surface area contributed by atoms with Crippen molar-refractivity contribution in [3.8, 4) is 0 Å². The molecule has 1 atom stereocenters. The molecule has 1 aromatic carbocycles. The minimum Gasteiger partial charge on any atom is -0.350 e. The third kappa shape index (κ3) is 4.59. The summed E-state index contributed by atoms with van der Waals surface area (Å²) in [6, 6.07) is 6.25. The van der Waals surface area contributed by atoms with Crippen molar-refractivity contribution in [3.63, 3.8) is 0 Å². The van der Waals surface area contributed by atoms with E-state index >= 15 is 0 Å². The van der Waals surface area contributed by atoms with Crippen molar-refractivity contribution >= 4 is 36.9 Å². The summed E-state index contributed by atoms with van der Waals surface area (Å²) in [6.45, 7) is 8.85. The van der Waals surface area contributed by atoms with Gasteiger partial charge in [0.2, 0.25) is 11.9 Å². The number of amides is 1. The molecule has 8 nitrogen and oxygen atoms in total. The van der Waals surface area contributed by atoms with E-state index in [2.05, 4.69) is 34.1 Å². The van der Waals surface area contributed by atoms with Crippen molar-refractivity contribution in [1.82, 2.24) is 19.7 Å². The van der Waals surface area contributed by atoms with Crippen molar-refractivity contribution in [2.45, 2.75) is 46.3 Å². The Bertz CT molecular complexity index is 1180. The Hall–Kier alpha value is -3.14. The zero-order chi connectivity index (χ0) is 23.2. The molecule has 10 heteroatoms. The van der Waals surface area contributed by atoms with Crippen LogP contribution in [-0.4, -0.2) is 44.8 Å². The van der Waals surface area contributed by atoms with Crippen LogP contribution in [0.5, 0.6) is 0 Å². The molecule has 0 unspecified atom stereocenters. The second-order valence-corrected chi connectivity index (χ2v) is 9.52. The lowest BCUT2D eigenvalue weighted by molar-refractivity contribution is -0.120. The standard InChI is InChI=1S/C24H28FN7O.H2S/c1-4-31-20-12-27-23(29-21(20)32-15-24(2,3)9-19(32)22(31)33)26-10-17-11-28-30(14-17)13-16-5-7-18(25)8-6-16;/h5-8,11-12,14,19H,4,9-10,13,15H2,1-3H3,(H,26,27,29);1H2/t19-;/m0./s1. The Morgan fingerprint density at radius 1 is 1.18 bits per heavy atom. The van der Waals surface area contributed by atoms with Gasteiger partial charge in [0.05, 0.1) is 18.9 Å². The quantitative estimate of drug-likeness (QED) is 0.578. The second kappa shape index (κ2) is 9.25. The van der Waals surface area contributed by atoms with Crippen molar-refractivity contribution in [1.29, 1.82) is 0 Å². The van der Waals surface area contributed by atoms with Crippen molar-refractivity contribution in [2.24, 2.45) is 5.41 Å². The molecule has 0 aliphatic carbocycles. The first-order valence-electron chi connectivity index (χ1n) is 11.3.